The van der Waals surface area contributed by atoms with Gasteiger partial charge in [-0.25, -0.2) is 0 Å². The molecule has 2 aromatic carbocycles. The fourth-order valence-electron chi connectivity index (χ4n) is 1.84. The summed E-state index contributed by atoms with van der Waals surface area (Å²) in [6, 6.07) is 19.1. The zero-order valence-corrected chi connectivity index (χ0v) is 10.2. The molecule has 90 valence electrons. The Bertz CT molecular complexity index is 542. The van der Waals surface area contributed by atoms with Crippen molar-refractivity contribution in [3.63, 3.8) is 0 Å². The van der Waals surface area contributed by atoms with Crippen molar-refractivity contribution in [2.45, 2.75) is 0 Å². The van der Waals surface area contributed by atoms with Gasteiger partial charge in [0.1, 0.15) is 5.76 Å². The molecule has 2 heteroatoms. The molecule has 0 unspecified atom stereocenters. The van der Waals surface area contributed by atoms with E-state index in [0.717, 1.165) is 17.4 Å². The van der Waals surface area contributed by atoms with E-state index < -0.39 is 0 Å². The van der Waals surface area contributed by atoms with E-state index in [0.29, 0.717) is 11.3 Å². The average Bonchev–Trinajstić information content (AvgIpc) is 2.46. The second-order valence-corrected chi connectivity index (χ2v) is 3.80. The van der Waals surface area contributed by atoms with Crippen LogP contribution in [-0.4, -0.2) is 13.4 Å². The average molecular weight is 238 g/mol. The Hall–Kier alpha value is -2.35. The van der Waals surface area contributed by atoms with E-state index >= 15 is 0 Å². The standard InChI is InChI=1S/C16H14O2/c1-18-16(14-10-6-3-7-11-14)15(12-17)13-8-4-2-5-9-13/h2-12H,1H3/b16-15-. The third kappa shape index (κ3) is 2.48. The van der Waals surface area contributed by atoms with Crippen molar-refractivity contribution in [3.8, 4) is 0 Å². The molecule has 0 N–H and O–H groups in total. The third-order valence-corrected chi connectivity index (χ3v) is 2.69. The number of carbonyl (C=O) groups is 1. The zero-order chi connectivity index (χ0) is 12.8. The van der Waals surface area contributed by atoms with Crippen LogP contribution in [0.25, 0.3) is 11.3 Å². The van der Waals surface area contributed by atoms with Gasteiger partial charge in [-0.3, -0.25) is 4.79 Å². The summed E-state index contributed by atoms with van der Waals surface area (Å²) in [5, 5.41) is 0. The first-order valence-electron chi connectivity index (χ1n) is 5.71. The molecule has 2 nitrogen and oxygen atoms in total. The minimum atomic E-state index is 0.560. The highest BCUT2D eigenvalue weighted by molar-refractivity contribution is 6.15. The van der Waals surface area contributed by atoms with E-state index in [9.17, 15) is 4.79 Å². The Morgan fingerprint density at radius 1 is 0.889 bits per heavy atom. The molecule has 0 bridgehead atoms. The largest absolute Gasteiger partial charge is 0.495 e. The maximum atomic E-state index is 11.3. The van der Waals surface area contributed by atoms with Gasteiger partial charge in [0.05, 0.1) is 12.7 Å². The Labute approximate surface area is 107 Å². The van der Waals surface area contributed by atoms with Crippen molar-refractivity contribution in [2.75, 3.05) is 7.11 Å². The highest BCUT2D eigenvalue weighted by atomic mass is 16.5. The number of ether oxygens (including phenoxy) is 1. The van der Waals surface area contributed by atoms with Crippen LogP contribution in [0.5, 0.6) is 0 Å². The fraction of sp³-hybridized carbons (Fsp3) is 0.0625. The summed E-state index contributed by atoms with van der Waals surface area (Å²) in [7, 11) is 1.58. The van der Waals surface area contributed by atoms with Gasteiger partial charge in [0, 0.05) is 5.56 Å². The SMILES string of the molecule is CO/C(=C(/C=O)c1ccccc1)c1ccccc1. The predicted molar refractivity (Wildman–Crippen MR) is 72.8 cm³/mol. The normalized spacial score (nSPS) is 11.6. The van der Waals surface area contributed by atoms with Crippen LogP contribution in [0.4, 0.5) is 0 Å². The molecule has 0 saturated heterocycles. The molecule has 0 atom stereocenters. The molecular weight excluding hydrogens is 224 g/mol. The molecule has 0 aliphatic rings. The minimum absolute atomic E-state index is 0.560. The Morgan fingerprint density at radius 3 is 1.83 bits per heavy atom. The topological polar surface area (TPSA) is 26.3 Å². The maximum Gasteiger partial charge on any atom is 0.154 e. The van der Waals surface area contributed by atoms with Gasteiger partial charge in [0.25, 0.3) is 0 Å². The smallest absolute Gasteiger partial charge is 0.154 e. The van der Waals surface area contributed by atoms with Crippen molar-refractivity contribution in [1.82, 2.24) is 0 Å². The van der Waals surface area contributed by atoms with Crippen molar-refractivity contribution in [2.24, 2.45) is 0 Å². The van der Waals surface area contributed by atoms with Crippen LogP contribution in [0.3, 0.4) is 0 Å². The zero-order valence-electron chi connectivity index (χ0n) is 10.2. The molecule has 2 rings (SSSR count). The van der Waals surface area contributed by atoms with Crippen LogP contribution in [-0.2, 0) is 9.53 Å². The summed E-state index contributed by atoms with van der Waals surface area (Å²) in [5.74, 6) is 0.594. The summed E-state index contributed by atoms with van der Waals surface area (Å²) >= 11 is 0. The lowest BCUT2D eigenvalue weighted by molar-refractivity contribution is -0.103. The van der Waals surface area contributed by atoms with Crippen LogP contribution in [0.2, 0.25) is 0 Å². The summed E-state index contributed by atoms with van der Waals surface area (Å²) in [6.45, 7) is 0. The lowest BCUT2D eigenvalue weighted by Crippen LogP contribution is -1.95. The summed E-state index contributed by atoms with van der Waals surface area (Å²) < 4.78 is 5.39. The number of aldehydes is 1. The van der Waals surface area contributed by atoms with Gasteiger partial charge in [-0.15, -0.1) is 0 Å². The van der Waals surface area contributed by atoms with E-state index in [4.69, 9.17) is 4.74 Å². The first kappa shape index (κ1) is 12.1. The van der Waals surface area contributed by atoms with Crippen molar-refractivity contribution < 1.29 is 9.53 Å². The van der Waals surface area contributed by atoms with Crippen molar-refractivity contribution in [3.05, 3.63) is 71.8 Å². The number of carbonyl (C=O) groups excluding carboxylic acids is 1. The van der Waals surface area contributed by atoms with Crippen LogP contribution in [0.15, 0.2) is 60.7 Å². The van der Waals surface area contributed by atoms with Gasteiger partial charge in [0.2, 0.25) is 0 Å². The Kier molecular flexibility index (Phi) is 3.92. The molecule has 0 spiro atoms. The number of allylic oxidation sites excluding steroid dienone is 1. The number of hydrogen-bond acceptors (Lipinski definition) is 2. The Balaban J connectivity index is 2.57. The lowest BCUT2D eigenvalue weighted by atomic mass is 10.0. The predicted octanol–water partition coefficient (Wildman–Crippen LogP) is 3.40. The molecule has 0 saturated carbocycles. The molecule has 18 heavy (non-hydrogen) atoms. The van der Waals surface area contributed by atoms with Crippen LogP contribution < -0.4 is 0 Å². The third-order valence-electron chi connectivity index (χ3n) is 2.69. The molecule has 0 fully saturated rings. The second-order valence-electron chi connectivity index (χ2n) is 3.80. The van der Waals surface area contributed by atoms with E-state index in [1.54, 1.807) is 7.11 Å². The molecule has 0 amide bonds. The van der Waals surface area contributed by atoms with Crippen LogP contribution >= 0.6 is 0 Å². The number of rotatable bonds is 4. The van der Waals surface area contributed by atoms with Gasteiger partial charge >= 0.3 is 0 Å². The van der Waals surface area contributed by atoms with Gasteiger partial charge in [0.15, 0.2) is 6.29 Å². The van der Waals surface area contributed by atoms with Gasteiger partial charge in [-0.05, 0) is 5.56 Å². The lowest BCUT2D eigenvalue weighted by Gasteiger charge is -2.10. The summed E-state index contributed by atoms with van der Waals surface area (Å²) in [6.07, 6.45) is 0.834. The van der Waals surface area contributed by atoms with E-state index in [2.05, 4.69) is 0 Å². The second kappa shape index (κ2) is 5.82. The molecule has 0 aromatic heterocycles. The van der Waals surface area contributed by atoms with Gasteiger partial charge in [-0.2, -0.15) is 0 Å². The summed E-state index contributed by atoms with van der Waals surface area (Å²) in [5.41, 5.74) is 2.31. The number of hydrogen-bond donors (Lipinski definition) is 0. The first-order valence-corrected chi connectivity index (χ1v) is 5.71. The molecule has 0 aliphatic carbocycles. The summed E-state index contributed by atoms with van der Waals surface area (Å²) in [4.78, 5) is 11.3. The highest BCUT2D eigenvalue weighted by Crippen LogP contribution is 2.25. The van der Waals surface area contributed by atoms with E-state index in [1.807, 2.05) is 60.7 Å². The molecule has 0 aliphatic heterocycles. The minimum Gasteiger partial charge on any atom is -0.495 e. The molecule has 2 aromatic rings. The molecule has 0 heterocycles. The number of methoxy groups -OCH3 is 1. The van der Waals surface area contributed by atoms with Crippen LogP contribution in [0.1, 0.15) is 11.1 Å². The highest BCUT2D eigenvalue weighted by Gasteiger charge is 2.10. The Morgan fingerprint density at radius 2 is 1.39 bits per heavy atom. The van der Waals surface area contributed by atoms with E-state index in [-0.39, 0.29) is 0 Å². The van der Waals surface area contributed by atoms with Gasteiger partial charge in [-0.1, -0.05) is 60.7 Å². The maximum absolute atomic E-state index is 11.3. The monoisotopic (exact) mass is 238 g/mol. The first-order chi connectivity index (χ1) is 8.86. The van der Waals surface area contributed by atoms with Crippen molar-refractivity contribution >= 4 is 17.6 Å². The van der Waals surface area contributed by atoms with Crippen molar-refractivity contribution in [1.29, 1.82) is 0 Å². The molecule has 0 radical (unpaired) electrons. The fourth-order valence-corrected chi connectivity index (χ4v) is 1.84. The number of benzene rings is 2. The van der Waals surface area contributed by atoms with E-state index in [1.165, 1.54) is 0 Å². The van der Waals surface area contributed by atoms with Gasteiger partial charge < -0.3 is 4.74 Å². The van der Waals surface area contributed by atoms with Crippen LogP contribution in [0, 0.1) is 0 Å². The molecular formula is C16H14O2. The quantitative estimate of drug-likeness (QED) is 0.353.